The molecule has 2 unspecified atom stereocenters. The van der Waals surface area contributed by atoms with Gasteiger partial charge in [0.2, 0.25) is 5.95 Å². The van der Waals surface area contributed by atoms with Gasteiger partial charge in [-0.1, -0.05) is 30.3 Å². The molecule has 1 aromatic carbocycles. The fraction of sp³-hybridized carbons (Fsp3) is 0.474. The van der Waals surface area contributed by atoms with E-state index < -0.39 is 0 Å². The summed E-state index contributed by atoms with van der Waals surface area (Å²) in [5.41, 5.74) is 15.1. The first-order chi connectivity index (χ1) is 12.2. The van der Waals surface area contributed by atoms with E-state index >= 15 is 0 Å². The van der Waals surface area contributed by atoms with Crippen molar-refractivity contribution in [2.75, 3.05) is 30.3 Å². The van der Waals surface area contributed by atoms with Crippen LogP contribution in [0.4, 0.5) is 11.8 Å². The average Bonchev–Trinajstić information content (AvgIpc) is 3.11. The molecule has 4 N–H and O–H groups in total. The molecule has 0 bridgehead atoms. The minimum Gasteiger partial charge on any atom is -0.368 e. The monoisotopic (exact) mass is 338 g/mol. The Bertz CT molecular complexity index is 691. The highest BCUT2D eigenvalue weighted by molar-refractivity contribution is 5.43. The van der Waals surface area contributed by atoms with Crippen LogP contribution in [0.15, 0.2) is 36.4 Å². The van der Waals surface area contributed by atoms with Gasteiger partial charge in [0.1, 0.15) is 5.82 Å². The maximum atomic E-state index is 5.81. The van der Waals surface area contributed by atoms with Crippen LogP contribution in [0.1, 0.15) is 30.0 Å². The maximum absolute atomic E-state index is 5.81. The number of nitrogens with two attached hydrogens (primary N) is 1. The normalized spacial score (nSPS) is 24.6. The highest BCUT2D eigenvalue weighted by Crippen LogP contribution is 2.33. The fourth-order valence-corrected chi connectivity index (χ4v) is 4.21. The van der Waals surface area contributed by atoms with E-state index in [0.29, 0.717) is 23.8 Å². The summed E-state index contributed by atoms with van der Waals surface area (Å²) in [5.74, 6) is 2.52. The van der Waals surface area contributed by atoms with E-state index in [2.05, 4.69) is 56.1 Å². The van der Waals surface area contributed by atoms with Gasteiger partial charge >= 0.3 is 0 Å². The Morgan fingerprint density at radius 1 is 1.12 bits per heavy atom. The largest absolute Gasteiger partial charge is 0.368 e. The molecule has 0 aliphatic carbocycles. The highest BCUT2D eigenvalue weighted by atomic mass is 15.4. The van der Waals surface area contributed by atoms with E-state index in [4.69, 9.17) is 5.73 Å². The Balaban J connectivity index is 1.43. The molecule has 3 heterocycles. The van der Waals surface area contributed by atoms with E-state index in [1.54, 1.807) is 0 Å². The Morgan fingerprint density at radius 2 is 1.88 bits per heavy atom. The van der Waals surface area contributed by atoms with Crippen LogP contribution in [0.5, 0.6) is 0 Å². The zero-order valence-electron chi connectivity index (χ0n) is 14.7. The van der Waals surface area contributed by atoms with Crippen LogP contribution in [-0.4, -0.2) is 35.6 Å². The number of piperidine rings is 1. The van der Waals surface area contributed by atoms with Gasteiger partial charge in [0.25, 0.3) is 0 Å². The number of benzene rings is 1. The Labute approximate surface area is 148 Å². The first-order valence-corrected chi connectivity index (χ1v) is 9.10. The van der Waals surface area contributed by atoms with Crippen molar-refractivity contribution < 1.29 is 0 Å². The lowest BCUT2D eigenvalue weighted by molar-refractivity contribution is 0.295. The molecule has 25 heavy (non-hydrogen) atoms. The number of anilines is 2. The van der Waals surface area contributed by atoms with Gasteiger partial charge in [-0.2, -0.15) is 4.98 Å². The molecule has 2 aromatic rings. The smallest absolute Gasteiger partial charge is 0.222 e. The van der Waals surface area contributed by atoms with Gasteiger partial charge in [-0.05, 0) is 31.2 Å². The summed E-state index contributed by atoms with van der Waals surface area (Å²) in [6.45, 7) is 4.99. The van der Waals surface area contributed by atoms with Gasteiger partial charge in [0, 0.05) is 43.4 Å². The van der Waals surface area contributed by atoms with E-state index in [0.717, 1.165) is 44.0 Å². The molecule has 4 rings (SSSR count). The van der Waals surface area contributed by atoms with E-state index in [-0.39, 0.29) is 0 Å². The van der Waals surface area contributed by atoms with Crippen LogP contribution in [0.2, 0.25) is 0 Å². The third kappa shape index (κ3) is 3.45. The molecule has 0 spiro atoms. The number of nitrogen functional groups attached to an aromatic ring is 1. The molecule has 0 radical (unpaired) electrons. The van der Waals surface area contributed by atoms with Crippen molar-refractivity contribution in [1.82, 2.24) is 20.8 Å². The second kappa shape index (κ2) is 6.98. The lowest BCUT2D eigenvalue weighted by Gasteiger charge is -2.37. The minimum absolute atomic E-state index is 0.364. The number of hydrogen-bond acceptors (Lipinski definition) is 6. The Morgan fingerprint density at radius 3 is 2.60 bits per heavy atom. The van der Waals surface area contributed by atoms with Crippen LogP contribution in [-0.2, 0) is 0 Å². The molecule has 0 saturated carbocycles. The summed E-state index contributed by atoms with van der Waals surface area (Å²) in [6.07, 6.45) is 2.32. The second-order valence-electron chi connectivity index (χ2n) is 7.12. The van der Waals surface area contributed by atoms with Crippen molar-refractivity contribution in [1.29, 1.82) is 0 Å². The third-order valence-corrected chi connectivity index (χ3v) is 5.48. The number of aryl methyl sites for hydroxylation is 1. The molecule has 2 aliphatic heterocycles. The summed E-state index contributed by atoms with van der Waals surface area (Å²) >= 11 is 0. The van der Waals surface area contributed by atoms with Gasteiger partial charge < -0.3 is 10.6 Å². The topological polar surface area (TPSA) is 79.1 Å². The molecule has 6 nitrogen and oxygen atoms in total. The predicted octanol–water partition coefficient (Wildman–Crippen LogP) is 1.84. The molecule has 2 saturated heterocycles. The third-order valence-electron chi connectivity index (χ3n) is 5.48. The SMILES string of the molecule is Cc1cc(N2CCC(C3NNCC3c3ccccc3)CC2)nc(N)n1. The number of nitrogens with zero attached hydrogens (tertiary/aromatic N) is 3. The molecule has 2 fully saturated rings. The molecule has 0 amide bonds. The van der Waals surface area contributed by atoms with Gasteiger partial charge in [-0.3, -0.25) is 10.9 Å². The lowest BCUT2D eigenvalue weighted by atomic mass is 9.80. The number of rotatable bonds is 3. The first kappa shape index (κ1) is 16.3. The summed E-state index contributed by atoms with van der Waals surface area (Å²) in [5, 5.41) is 0. The maximum Gasteiger partial charge on any atom is 0.222 e. The molecule has 2 aliphatic rings. The van der Waals surface area contributed by atoms with E-state index in [1.807, 2.05) is 13.0 Å². The van der Waals surface area contributed by atoms with Crippen molar-refractivity contribution in [2.45, 2.75) is 31.7 Å². The summed E-state index contributed by atoms with van der Waals surface area (Å²) < 4.78 is 0. The number of hydrazine groups is 1. The fourth-order valence-electron chi connectivity index (χ4n) is 4.21. The molecule has 1 aromatic heterocycles. The predicted molar refractivity (Wildman–Crippen MR) is 100 cm³/mol. The van der Waals surface area contributed by atoms with E-state index in [9.17, 15) is 0 Å². The zero-order chi connectivity index (χ0) is 17.2. The molecule has 6 heteroatoms. The van der Waals surface area contributed by atoms with Gasteiger partial charge in [0.15, 0.2) is 0 Å². The van der Waals surface area contributed by atoms with Crippen molar-refractivity contribution in [3.8, 4) is 0 Å². The van der Waals surface area contributed by atoms with Crippen LogP contribution in [0, 0.1) is 12.8 Å². The van der Waals surface area contributed by atoms with Gasteiger partial charge in [-0.25, -0.2) is 4.98 Å². The van der Waals surface area contributed by atoms with Crippen molar-refractivity contribution >= 4 is 11.8 Å². The van der Waals surface area contributed by atoms with Crippen LogP contribution >= 0.6 is 0 Å². The second-order valence-corrected chi connectivity index (χ2v) is 7.12. The quantitative estimate of drug-likeness (QED) is 0.793. The van der Waals surface area contributed by atoms with Crippen LogP contribution < -0.4 is 21.5 Å². The van der Waals surface area contributed by atoms with Crippen LogP contribution in [0.3, 0.4) is 0 Å². The van der Waals surface area contributed by atoms with Crippen molar-refractivity contribution in [2.24, 2.45) is 5.92 Å². The molecule has 2 atom stereocenters. The minimum atomic E-state index is 0.364. The van der Waals surface area contributed by atoms with Crippen molar-refractivity contribution in [3.05, 3.63) is 47.7 Å². The molecular weight excluding hydrogens is 312 g/mol. The van der Waals surface area contributed by atoms with Gasteiger partial charge in [-0.15, -0.1) is 0 Å². The number of aromatic nitrogens is 2. The summed E-state index contributed by atoms with van der Waals surface area (Å²) in [7, 11) is 0. The summed E-state index contributed by atoms with van der Waals surface area (Å²) in [6, 6.07) is 13.4. The number of hydrogen-bond donors (Lipinski definition) is 3. The molecular formula is C19H26N6. The van der Waals surface area contributed by atoms with Crippen LogP contribution in [0.25, 0.3) is 0 Å². The Kier molecular flexibility index (Phi) is 4.55. The van der Waals surface area contributed by atoms with E-state index in [1.165, 1.54) is 5.56 Å². The lowest BCUT2D eigenvalue weighted by Crippen LogP contribution is -2.44. The Hall–Kier alpha value is -2.18. The standard InChI is InChI=1S/C19H26N6/c1-13-11-17(23-19(20)22-13)25-9-7-15(8-10-25)18-16(12-21-24-18)14-5-3-2-4-6-14/h2-6,11,15-16,18,21,24H,7-10,12H2,1H3,(H2,20,22,23). The average molecular weight is 338 g/mol. The number of nitrogens with one attached hydrogen (secondary N) is 2. The first-order valence-electron chi connectivity index (χ1n) is 9.10. The highest BCUT2D eigenvalue weighted by Gasteiger charge is 2.36. The van der Waals surface area contributed by atoms with Gasteiger partial charge in [0.05, 0.1) is 0 Å². The molecule has 132 valence electrons. The zero-order valence-corrected chi connectivity index (χ0v) is 14.7. The van der Waals surface area contributed by atoms with Crippen molar-refractivity contribution in [3.63, 3.8) is 0 Å². The summed E-state index contributed by atoms with van der Waals surface area (Å²) in [4.78, 5) is 10.9.